The summed E-state index contributed by atoms with van der Waals surface area (Å²) in [4.78, 5) is 26.1. The first-order chi connectivity index (χ1) is 19.6. The van der Waals surface area contributed by atoms with Gasteiger partial charge in [0.1, 0.15) is 23.1 Å². The quantitative estimate of drug-likeness (QED) is 0.365. The van der Waals surface area contributed by atoms with Gasteiger partial charge >= 0.3 is 0 Å². The third-order valence-corrected chi connectivity index (χ3v) is 7.60. The van der Waals surface area contributed by atoms with E-state index in [1.807, 2.05) is 36.4 Å². The number of ether oxygens (including phenoxy) is 1. The monoisotopic (exact) mass is 545 g/mol. The number of fused-ring (bicyclic) bond motifs is 1. The number of nitrogens with one attached hydrogen (secondary N) is 1. The van der Waals surface area contributed by atoms with Gasteiger partial charge in [0.2, 0.25) is 5.91 Å². The number of carbonyl (C=O) groups is 1. The van der Waals surface area contributed by atoms with Crippen LogP contribution in [0.1, 0.15) is 24.4 Å². The molecule has 2 N–H and O–H groups in total. The second kappa shape index (κ2) is 11.6. The van der Waals surface area contributed by atoms with E-state index in [2.05, 4.69) is 20.1 Å². The number of aliphatic hydroxyl groups excluding tert-OH is 1. The third-order valence-electron chi connectivity index (χ3n) is 7.60. The number of anilines is 2. The zero-order chi connectivity index (χ0) is 27.5. The Labute approximate surface area is 231 Å². The number of carbonyl (C=O) groups excluding carboxylic acids is 1. The van der Waals surface area contributed by atoms with Gasteiger partial charge in [0.05, 0.1) is 37.8 Å². The Bertz CT molecular complexity index is 1490. The number of aliphatic hydroxyl groups is 1. The molecule has 2 aliphatic heterocycles. The van der Waals surface area contributed by atoms with Gasteiger partial charge in [-0.1, -0.05) is 18.2 Å². The van der Waals surface area contributed by atoms with Crippen molar-refractivity contribution >= 4 is 23.2 Å². The van der Waals surface area contributed by atoms with Crippen molar-refractivity contribution in [3.05, 3.63) is 72.2 Å². The fourth-order valence-electron chi connectivity index (χ4n) is 5.50. The number of benzene rings is 1. The number of pyridine rings is 1. The number of morpholine rings is 1. The van der Waals surface area contributed by atoms with Crippen LogP contribution in [0, 0.1) is 11.7 Å². The Kier molecular flexibility index (Phi) is 7.56. The van der Waals surface area contributed by atoms with Crippen molar-refractivity contribution in [1.82, 2.24) is 24.9 Å². The van der Waals surface area contributed by atoms with E-state index in [0.717, 1.165) is 54.5 Å². The van der Waals surface area contributed by atoms with E-state index in [1.54, 1.807) is 22.8 Å². The molecule has 11 heteroatoms. The molecule has 1 atom stereocenters. The molecule has 0 spiro atoms. The number of rotatable bonds is 7. The van der Waals surface area contributed by atoms with Crippen molar-refractivity contribution in [2.45, 2.75) is 18.9 Å². The molecule has 10 nitrogen and oxygen atoms in total. The molecular weight excluding hydrogens is 513 g/mol. The molecule has 40 heavy (non-hydrogen) atoms. The van der Waals surface area contributed by atoms with E-state index in [9.17, 15) is 9.18 Å². The van der Waals surface area contributed by atoms with Gasteiger partial charge in [0.15, 0.2) is 5.65 Å². The van der Waals surface area contributed by atoms with Crippen molar-refractivity contribution in [2.75, 3.05) is 55.8 Å². The highest BCUT2D eigenvalue weighted by Gasteiger charge is 2.28. The lowest BCUT2D eigenvalue weighted by atomic mass is 9.96. The van der Waals surface area contributed by atoms with Crippen molar-refractivity contribution in [3.63, 3.8) is 0 Å². The lowest BCUT2D eigenvalue weighted by Crippen LogP contribution is -2.41. The zero-order valence-electron chi connectivity index (χ0n) is 22.1. The van der Waals surface area contributed by atoms with Crippen LogP contribution >= 0.6 is 0 Å². The first kappa shape index (κ1) is 26.1. The van der Waals surface area contributed by atoms with Gasteiger partial charge in [-0.25, -0.2) is 18.9 Å². The van der Waals surface area contributed by atoms with Crippen molar-refractivity contribution in [3.8, 4) is 11.4 Å². The van der Waals surface area contributed by atoms with E-state index in [1.165, 1.54) is 6.07 Å². The number of aromatic nitrogens is 4. The fourth-order valence-corrected chi connectivity index (χ4v) is 5.50. The second-order valence-corrected chi connectivity index (χ2v) is 10.1. The maximum atomic E-state index is 14.0. The highest BCUT2D eigenvalue weighted by atomic mass is 19.1. The highest BCUT2D eigenvalue weighted by Crippen LogP contribution is 2.30. The van der Waals surface area contributed by atoms with Crippen molar-refractivity contribution in [2.24, 2.45) is 5.92 Å². The summed E-state index contributed by atoms with van der Waals surface area (Å²) < 4.78 is 21.5. The Morgan fingerprint density at radius 1 is 1.07 bits per heavy atom. The Morgan fingerprint density at radius 2 is 1.93 bits per heavy atom. The Morgan fingerprint density at radius 3 is 2.75 bits per heavy atom. The minimum absolute atomic E-state index is 0.00271. The third kappa shape index (κ3) is 5.34. The van der Waals surface area contributed by atoms with Crippen LogP contribution in [-0.4, -0.2) is 76.6 Å². The normalized spacial score (nSPS) is 18.3. The van der Waals surface area contributed by atoms with Gasteiger partial charge in [-0.2, -0.15) is 0 Å². The van der Waals surface area contributed by atoms with Crippen LogP contribution < -0.4 is 15.1 Å². The number of piperidine rings is 1. The van der Waals surface area contributed by atoms with E-state index in [0.29, 0.717) is 25.4 Å². The smallest absolute Gasteiger partial charge is 0.223 e. The molecule has 5 heterocycles. The van der Waals surface area contributed by atoms with Gasteiger partial charge in [-0.15, -0.1) is 5.10 Å². The number of nitrogens with zero attached hydrogens (tertiary/aromatic N) is 6. The van der Waals surface area contributed by atoms with Crippen molar-refractivity contribution in [1.29, 1.82) is 0 Å². The molecule has 208 valence electrons. The molecule has 1 amide bonds. The van der Waals surface area contributed by atoms with Crippen LogP contribution in [0.5, 0.6) is 0 Å². The summed E-state index contributed by atoms with van der Waals surface area (Å²) in [6.07, 6.45) is 3.24. The lowest BCUT2D eigenvalue weighted by molar-refractivity contribution is -0.125. The maximum Gasteiger partial charge on any atom is 0.223 e. The summed E-state index contributed by atoms with van der Waals surface area (Å²) in [6, 6.07) is 16.2. The minimum Gasteiger partial charge on any atom is -0.395 e. The molecule has 1 unspecified atom stereocenters. The summed E-state index contributed by atoms with van der Waals surface area (Å²) >= 11 is 0. The summed E-state index contributed by atoms with van der Waals surface area (Å²) in [6.45, 7) is 3.32. The van der Waals surface area contributed by atoms with E-state index in [4.69, 9.17) is 19.9 Å². The van der Waals surface area contributed by atoms with E-state index >= 15 is 0 Å². The molecule has 0 radical (unpaired) electrons. The van der Waals surface area contributed by atoms with E-state index < -0.39 is 0 Å². The lowest BCUT2D eigenvalue weighted by Gasteiger charge is -2.36. The Balaban J connectivity index is 1.24. The van der Waals surface area contributed by atoms with Gasteiger partial charge in [0, 0.05) is 32.1 Å². The molecule has 4 aromatic rings. The predicted molar refractivity (Wildman–Crippen MR) is 149 cm³/mol. The fraction of sp³-hybridized carbons (Fsp3) is 0.379. The molecular formula is C29H32FN7O3. The van der Waals surface area contributed by atoms with Gasteiger partial charge in [-0.05, 0) is 54.8 Å². The van der Waals surface area contributed by atoms with Gasteiger partial charge in [-0.3, -0.25) is 4.79 Å². The maximum absolute atomic E-state index is 14.0. The number of hydrogen-bond acceptors (Lipinski definition) is 8. The number of hydrogen-bond donors (Lipinski definition) is 2. The number of imidazole rings is 1. The van der Waals surface area contributed by atoms with Gasteiger partial charge < -0.3 is 25.0 Å². The first-order valence-electron chi connectivity index (χ1n) is 13.7. The summed E-state index contributed by atoms with van der Waals surface area (Å²) in [5, 5.41) is 16.7. The summed E-state index contributed by atoms with van der Waals surface area (Å²) in [5.74, 6) is 1.27. The molecule has 0 bridgehead atoms. The molecule has 0 aliphatic carbocycles. The largest absolute Gasteiger partial charge is 0.395 e. The van der Waals surface area contributed by atoms with Crippen LogP contribution in [0.2, 0.25) is 0 Å². The molecule has 2 saturated heterocycles. The molecule has 6 rings (SSSR count). The minimum atomic E-state index is -0.275. The highest BCUT2D eigenvalue weighted by molar-refractivity contribution is 5.79. The standard InChI is InChI=1S/C29H32FN7O3/c30-22-4-1-3-21(17-22)25-19-40-16-14-36(25)28-8-7-26-32-18-24(37(26)34-28)23-5-2-6-27(33-23)35-12-9-20(10-13-35)29(39)31-11-15-38/h1-8,17-18,20,25,38H,9-16,19H2,(H,31,39). The van der Waals surface area contributed by atoms with Crippen LogP contribution in [0.15, 0.2) is 60.8 Å². The SMILES string of the molecule is O=C(NCCO)C1CCN(c2cccc(-c3cnc4ccc(N5CCOCC5c5cccc(F)c5)nn34)n2)CC1. The van der Waals surface area contributed by atoms with Crippen molar-refractivity contribution < 1.29 is 19.0 Å². The molecule has 0 saturated carbocycles. The van der Waals surface area contributed by atoms with Crippen LogP contribution in [0.4, 0.5) is 16.0 Å². The Hall–Kier alpha value is -4.09. The van der Waals surface area contributed by atoms with Gasteiger partial charge in [0.25, 0.3) is 0 Å². The first-order valence-corrected chi connectivity index (χ1v) is 13.7. The number of amides is 1. The average molecular weight is 546 g/mol. The second-order valence-electron chi connectivity index (χ2n) is 10.1. The predicted octanol–water partition coefficient (Wildman–Crippen LogP) is 2.83. The molecule has 3 aromatic heterocycles. The van der Waals surface area contributed by atoms with Crippen LogP contribution in [0.3, 0.4) is 0 Å². The zero-order valence-corrected chi connectivity index (χ0v) is 22.1. The molecule has 1 aromatic carbocycles. The number of halogens is 1. The van der Waals surface area contributed by atoms with E-state index in [-0.39, 0.29) is 36.8 Å². The topological polar surface area (TPSA) is 108 Å². The van der Waals surface area contributed by atoms with Crippen LogP contribution in [0.25, 0.3) is 17.0 Å². The summed E-state index contributed by atoms with van der Waals surface area (Å²) in [7, 11) is 0. The average Bonchev–Trinajstić information content (AvgIpc) is 3.43. The molecule has 2 aliphatic rings. The summed E-state index contributed by atoms with van der Waals surface area (Å²) in [5.41, 5.74) is 3.07. The molecule has 2 fully saturated rings. The van der Waals surface area contributed by atoms with Crippen LogP contribution in [-0.2, 0) is 9.53 Å².